The molecule has 11 heteroatoms. The number of H-pyrrole nitrogens is 1. The maximum absolute atomic E-state index is 12.3. The predicted molar refractivity (Wildman–Crippen MR) is 122 cm³/mol. The van der Waals surface area contributed by atoms with Crippen LogP contribution in [-0.4, -0.2) is 71.9 Å². The van der Waals surface area contributed by atoms with Crippen LogP contribution in [0.15, 0.2) is 41.4 Å². The van der Waals surface area contributed by atoms with Crippen molar-refractivity contribution in [1.29, 1.82) is 0 Å². The Bertz CT molecular complexity index is 1190. The third kappa shape index (κ3) is 5.38. The number of carbonyl (C=O) groups excluding carboxylic acids is 1. The molecule has 1 aliphatic heterocycles. The van der Waals surface area contributed by atoms with E-state index in [0.717, 1.165) is 44.1 Å². The second kappa shape index (κ2) is 9.56. The zero-order valence-corrected chi connectivity index (χ0v) is 17.7. The maximum atomic E-state index is 12.3. The van der Waals surface area contributed by atoms with E-state index in [4.69, 9.17) is 4.98 Å². The van der Waals surface area contributed by atoms with Gasteiger partial charge in [0.25, 0.3) is 10.0 Å². The molecule has 1 fully saturated rings. The summed E-state index contributed by atoms with van der Waals surface area (Å²) >= 11 is 0. The molecule has 2 aromatic heterocycles. The van der Waals surface area contributed by atoms with Gasteiger partial charge in [-0.15, -0.1) is 0 Å². The van der Waals surface area contributed by atoms with Crippen LogP contribution >= 0.6 is 0 Å². The van der Waals surface area contributed by atoms with Crippen molar-refractivity contribution in [2.45, 2.75) is 31.6 Å². The number of fused-ring (bicyclic) bond motifs is 1. The van der Waals surface area contributed by atoms with Crippen molar-refractivity contribution in [1.82, 2.24) is 19.7 Å². The molecule has 0 unspecified atom stereocenters. The molecule has 3 heterocycles. The number of sulfonamides is 1. The van der Waals surface area contributed by atoms with Gasteiger partial charge in [-0.2, -0.15) is 9.97 Å². The molecule has 160 valence electrons. The van der Waals surface area contributed by atoms with Crippen LogP contribution in [0.5, 0.6) is 0 Å². The van der Waals surface area contributed by atoms with Gasteiger partial charge >= 0.3 is 29.6 Å². The van der Waals surface area contributed by atoms with Gasteiger partial charge in [0.1, 0.15) is 11.5 Å². The third-order valence-corrected chi connectivity index (χ3v) is 6.59. The number of aromatic amines is 1. The second-order valence-corrected chi connectivity index (χ2v) is 9.28. The molecule has 1 aromatic carbocycles. The first-order valence-corrected chi connectivity index (χ1v) is 11.3. The molecular weight excluding hydrogens is 427 g/mol. The number of hydrogen-bond acceptors (Lipinski definition) is 7. The number of anilines is 3. The normalized spacial score (nSPS) is 14.8. The van der Waals surface area contributed by atoms with Crippen molar-refractivity contribution in [3.8, 4) is 0 Å². The summed E-state index contributed by atoms with van der Waals surface area (Å²) in [6, 6.07) is 8.14. The van der Waals surface area contributed by atoms with Gasteiger partial charge in [0.15, 0.2) is 0 Å². The van der Waals surface area contributed by atoms with Gasteiger partial charge in [-0.25, -0.2) is 13.1 Å². The monoisotopic (exact) mass is 452 g/mol. The summed E-state index contributed by atoms with van der Waals surface area (Å²) in [5.74, 6) is 1.29. The second-order valence-electron chi connectivity index (χ2n) is 7.59. The van der Waals surface area contributed by atoms with E-state index in [1.807, 2.05) is 17.0 Å². The minimum atomic E-state index is -3.93. The summed E-state index contributed by atoms with van der Waals surface area (Å²) in [7, 11) is -3.93. The van der Waals surface area contributed by atoms with Crippen LogP contribution in [0.3, 0.4) is 0 Å². The standard InChI is InChI=1S/C20H24N6O3S.Na.H/c1-13-7-10-26(11-8-13)19-17-6-9-21-18(17)23-20(24-19)22-15-4-3-5-16(12-15)30(28,29)25-14(2)27;;/h3-6,9,12-13H,7-8,10-11H2,1-2H3,(H,25,27)(H2,21,22,23,24);;. The Labute approximate surface area is 203 Å². The summed E-state index contributed by atoms with van der Waals surface area (Å²) < 4.78 is 26.5. The van der Waals surface area contributed by atoms with Gasteiger partial charge in [-0.1, -0.05) is 13.0 Å². The van der Waals surface area contributed by atoms with Crippen molar-refractivity contribution >= 4 is 74.0 Å². The number of piperidine rings is 1. The number of benzene rings is 1. The number of hydrogen-bond donors (Lipinski definition) is 3. The Morgan fingerprint density at radius 3 is 2.65 bits per heavy atom. The van der Waals surface area contributed by atoms with Gasteiger partial charge < -0.3 is 15.2 Å². The molecule has 3 aromatic rings. The van der Waals surface area contributed by atoms with Gasteiger partial charge in [-0.05, 0) is 43.0 Å². The van der Waals surface area contributed by atoms with E-state index in [-0.39, 0.29) is 34.5 Å². The van der Waals surface area contributed by atoms with E-state index in [2.05, 4.69) is 27.1 Å². The summed E-state index contributed by atoms with van der Waals surface area (Å²) in [5, 5.41) is 4.05. The van der Waals surface area contributed by atoms with E-state index in [9.17, 15) is 13.2 Å². The molecule has 1 saturated heterocycles. The van der Waals surface area contributed by atoms with Crippen LogP contribution in [0, 0.1) is 5.92 Å². The number of nitrogens with one attached hydrogen (secondary N) is 3. The van der Waals surface area contributed by atoms with Gasteiger partial charge in [0.2, 0.25) is 11.9 Å². The minimum absolute atomic E-state index is 0. The zero-order chi connectivity index (χ0) is 21.3. The van der Waals surface area contributed by atoms with Crippen molar-refractivity contribution in [3.05, 3.63) is 36.5 Å². The summed E-state index contributed by atoms with van der Waals surface area (Å²) in [4.78, 5) is 25.8. The number of nitrogens with zero attached hydrogens (tertiary/aromatic N) is 3. The molecule has 0 saturated carbocycles. The molecular formula is C20H25N6NaO3S. The molecule has 0 atom stereocenters. The predicted octanol–water partition coefficient (Wildman–Crippen LogP) is 2.11. The molecule has 9 nitrogen and oxygen atoms in total. The fourth-order valence-electron chi connectivity index (χ4n) is 3.56. The Balaban J connectivity index is 0.00000272. The van der Waals surface area contributed by atoms with Gasteiger partial charge in [0.05, 0.1) is 10.3 Å². The molecule has 4 rings (SSSR count). The number of rotatable bonds is 5. The Kier molecular flexibility index (Phi) is 7.25. The summed E-state index contributed by atoms with van der Waals surface area (Å²) in [6.07, 6.45) is 4.06. The number of carbonyl (C=O) groups is 1. The van der Waals surface area contributed by atoms with Gasteiger partial charge in [0, 0.05) is 31.9 Å². The topological polar surface area (TPSA) is 120 Å². The fraction of sp³-hybridized carbons (Fsp3) is 0.350. The Morgan fingerprint density at radius 1 is 1.19 bits per heavy atom. The summed E-state index contributed by atoms with van der Waals surface area (Å²) in [6.45, 7) is 5.28. The molecule has 0 aliphatic carbocycles. The molecule has 1 aliphatic rings. The molecule has 0 spiro atoms. The Morgan fingerprint density at radius 2 is 1.94 bits per heavy atom. The first-order chi connectivity index (χ1) is 14.3. The van der Waals surface area contributed by atoms with E-state index < -0.39 is 15.9 Å². The van der Waals surface area contributed by atoms with Crippen molar-refractivity contribution < 1.29 is 13.2 Å². The van der Waals surface area contributed by atoms with Crippen LogP contribution in [0.1, 0.15) is 26.7 Å². The first-order valence-electron chi connectivity index (χ1n) is 9.82. The fourth-order valence-corrected chi connectivity index (χ4v) is 4.60. The van der Waals surface area contributed by atoms with Crippen LogP contribution in [0.2, 0.25) is 0 Å². The van der Waals surface area contributed by atoms with Crippen LogP contribution in [0.4, 0.5) is 17.5 Å². The quantitative estimate of drug-likeness (QED) is 0.507. The summed E-state index contributed by atoms with van der Waals surface area (Å²) in [5.41, 5.74) is 1.22. The van der Waals surface area contributed by atoms with E-state index in [1.54, 1.807) is 12.1 Å². The molecule has 31 heavy (non-hydrogen) atoms. The van der Waals surface area contributed by atoms with E-state index >= 15 is 0 Å². The number of aromatic nitrogens is 3. The first kappa shape index (κ1) is 23.5. The third-order valence-electron chi connectivity index (χ3n) is 5.16. The number of amides is 1. The van der Waals surface area contributed by atoms with Gasteiger partial charge in [-0.3, -0.25) is 4.79 Å². The van der Waals surface area contributed by atoms with Crippen molar-refractivity contribution in [3.63, 3.8) is 0 Å². The molecule has 1 amide bonds. The van der Waals surface area contributed by atoms with Crippen LogP contribution in [-0.2, 0) is 14.8 Å². The molecule has 3 N–H and O–H groups in total. The molecule has 0 radical (unpaired) electrons. The van der Waals surface area contributed by atoms with Crippen molar-refractivity contribution in [2.24, 2.45) is 5.92 Å². The van der Waals surface area contributed by atoms with E-state index in [1.165, 1.54) is 12.1 Å². The SMILES string of the molecule is CC(=O)NS(=O)(=O)c1cccc(Nc2nc(N3CCC(C)CC3)c3cc[nH]c3n2)c1.[NaH]. The average Bonchev–Trinajstić information content (AvgIpc) is 3.16. The van der Waals surface area contributed by atoms with Crippen LogP contribution in [0.25, 0.3) is 11.0 Å². The van der Waals surface area contributed by atoms with Crippen molar-refractivity contribution in [2.75, 3.05) is 23.3 Å². The Hall–Kier alpha value is -2.14. The average molecular weight is 453 g/mol. The zero-order valence-electron chi connectivity index (χ0n) is 16.8. The molecule has 0 bridgehead atoms. The van der Waals surface area contributed by atoms with E-state index in [0.29, 0.717) is 23.2 Å². The van der Waals surface area contributed by atoms with Crippen LogP contribution < -0.4 is 14.9 Å².